The Morgan fingerprint density at radius 1 is 1.52 bits per heavy atom. The van der Waals surface area contributed by atoms with E-state index in [9.17, 15) is 27.5 Å². The molecule has 0 radical (unpaired) electrons. The molecule has 2 N–H and O–H groups in total. The second kappa shape index (κ2) is 8.66. The number of amides is 1. The lowest BCUT2D eigenvalue weighted by atomic mass is 10.0. The smallest absolute Gasteiger partial charge is 0.378 e. The predicted molar refractivity (Wildman–Crippen MR) is 99.2 cm³/mol. The normalized spacial score (nSPS) is 14.1. The van der Waals surface area contributed by atoms with Crippen molar-refractivity contribution in [2.45, 2.75) is 25.6 Å². The molecule has 0 aliphatic carbocycles. The van der Waals surface area contributed by atoms with Crippen LogP contribution in [0.15, 0.2) is 29.3 Å². The first-order chi connectivity index (χ1) is 12.3. The molecule has 0 saturated carbocycles. The van der Waals surface area contributed by atoms with Crippen LogP contribution in [-0.2, 0) is 11.0 Å². The fraction of sp³-hybridized carbons (Fsp3) is 0.312. The molecule has 6 nitrogen and oxygen atoms in total. The number of nitrogens with one attached hydrogen (secondary N) is 1. The van der Waals surface area contributed by atoms with Gasteiger partial charge in [-0.1, -0.05) is 0 Å². The van der Waals surface area contributed by atoms with E-state index >= 15 is 0 Å². The van der Waals surface area contributed by atoms with Gasteiger partial charge in [-0.25, -0.2) is 4.39 Å². The van der Waals surface area contributed by atoms with Crippen molar-refractivity contribution in [3.8, 4) is 6.07 Å². The van der Waals surface area contributed by atoms with Gasteiger partial charge in [0, 0.05) is 10.3 Å². The number of benzene rings is 1. The molecule has 1 aromatic carbocycles. The number of nitrogens with zero attached hydrogens (tertiary/aromatic N) is 3. The first-order valence-electron chi connectivity index (χ1n) is 7.23. The molecule has 0 aromatic heterocycles. The predicted octanol–water partition coefficient (Wildman–Crippen LogP) is 3.62. The molecule has 0 spiro atoms. The molecular weight excluding hydrogens is 483 g/mol. The van der Waals surface area contributed by atoms with Crippen LogP contribution in [0.2, 0.25) is 0 Å². The molecule has 0 aliphatic rings. The summed E-state index contributed by atoms with van der Waals surface area (Å²) in [4.78, 5) is 12.3. The number of allylic oxidation sites excluding steroid dienone is 1. The first kappa shape index (κ1) is 22.8. The monoisotopic (exact) mass is 498 g/mol. The summed E-state index contributed by atoms with van der Waals surface area (Å²) >= 11 is 1.65. The molecule has 0 bridgehead atoms. The Kier molecular flexibility index (Phi) is 7.32. The number of anilines is 1. The minimum absolute atomic E-state index is 0.166. The van der Waals surface area contributed by atoms with Gasteiger partial charge in [0.2, 0.25) is 0 Å². The second-order valence-corrected chi connectivity index (χ2v) is 6.83. The van der Waals surface area contributed by atoms with Crippen molar-refractivity contribution >= 4 is 40.9 Å². The summed E-state index contributed by atoms with van der Waals surface area (Å²) in [5, 5.41) is 25.7. The highest BCUT2D eigenvalue weighted by Gasteiger charge is 2.36. The maximum Gasteiger partial charge on any atom is 0.417 e. The summed E-state index contributed by atoms with van der Waals surface area (Å²) in [5.74, 6) is -1.70. The molecule has 11 heteroatoms. The minimum atomic E-state index is -4.80. The third kappa shape index (κ3) is 6.17. The highest BCUT2D eigenvalue weighted by molar-refractivity contribution is 14.1. The van der Waals surface area contributed by atoms with Gasteiger partial charge in [0.1, 0.15) is 5.83 Å². The summed E-state index contributed by atoms with van der Waals surface area (Å²) in [7, 11) is 0. The zero-order chi connectivity index (χ0) is 21.0. The number of aliphatic hydroxyl groups is 1. The van der Waals surface area contributed by atoms with Crippen molar-refractivity contribution < 1.29 is 27.5 Å². The molecule has 1 rings (SSSR count). The van der Waals surface area contributed by atoms with Crippen LogP contribution >= 0.6 is 22.6 Å². The van der Waals surface area contributed by atoms with Crippen molar-refractivity contribution in [2.75, 3.05) is 11.9 Å². The van der Waals surface area contributed by atoms with Crippen LogP contribution in [-0.4, -0.2) is 34.9 Å². The van der Waals surface area contributed by atoms with E-state index in [1.807, 2.05) is 0 Å². The summed E-state index contributed by atoms with van der Waals surface area (Å²) in [5.41, 5.74) is -4.18. The summed E-state index contributed by atoms with van der Waals surface area (Å²) in [6.45, 7) is 4.88. The zero-order valence-electron chi connectivity index (χ0n) is 14.2. The van der Waals surface area contributed by atoms with Crippen molar-refractivity contribution in [3.05, 3.63) is 38.9 Å². The van der Waals surface area contributed by atoms with Crippen LogP contribution < -0.4 is 5.32 Å². The van der Waals surface area contributed by atoms with Crippen molar-refractivity contribution in [1.82, 2.24) is 5.01 Å². The van der Waals surface area contributed by atoms with E-state index in [-0.39, 0.29) is 9.26 Å². The number of halogens is 5. The number of hydrogen-bond donors (Lipinski definition) is 2. The van der Waals surface area contributed by atoms with Crippen LogP contribution in [0.3, 0.4) is 0 Å². The van der Waals surface area contributed by atoms with Crippen LogP contribution in [0.5, 0.6) is 0 Å². The number of carbonyl (C=O) groups is 1. The largest absolute Gasteiger partial charge is 0.417 e. The highest BCUT2D eigenvalue weighted by atomic mass is 127. The lowest BCUT2D eigenvalue weighted by Gasteiger charge is -2.27. The van der Waals surface area contributed by atoms with E-state index in [1.54, 1.807) is 22.6 Å². The Labute approximate surface area is 166 Å². The summed E-state index contributed by atoms with van der Waals surface area (Å²) < 4.78 is 52.3. The third-order valence-corrected chi connectivity index (χ3v) is 4.14. The molecule has 0 unspecified atom stereocenters. The lowest BCUT2D eigenvalue weighted by molar-refractivity contribution is -0.138. The van der Waals surface area contributed by atoms with E-state index in [1.165, 1.54) is 6.07 Å². The fourth-order valence-corrected chi connectivity index (χ4v) is 2.58. The van der Waals surface area contributed by atoms with Gasteiger partial charge in [0.05, 0.1) is 35.6 Å². The summed E-state index contributed by atoms with van der Waals surface area (Å²) in [6.07, 6.45) is -3.91. The average molecular weight is 498 g/mol. The SMILES string of the molecule is C=NN(/C=C(\C)F)C[C@](C)(O)C(=O)Nc1cc(C(F)(F)F)c(C#N)cc1I. The molecule has 0 saturated heterocycles. The van der Waals surface area contributed by atoms with E-state index in [0.717, 1.165) is 31.1 Å². The van der Waals surface area contributed by atoms with Gasteiger partial charge in [-0.15, -0.1) is 0 Å². The van der Waals surface area contributed by atoms with Crippen LogP contribution in [0.1, 0.15) is 25.0 Å². The molecule has 1 amide bonds. The number of carbonyl (C=O) groups excluding carboxylic acids is 1. The van der Waals surface area contributed by atoms with Gasteiger partial charge in [0.25, 0.3) is 5.91 Å². The second-order valence-electron chi connectivity index (χ2n) is 5.67. The average Bonchev–Trinajstić information content (AvgIpc) is 2.53. The number of nitriles is 1. The first-order valence-corrected chi connectivity index (χ1v) is 8.31. The number of rotatable bonds is 6. The molecule has 0 aliphatic heterocycles. The van der Waals surface area contributed by atoms with Gasteiger partial charge in [-0.05, 0) is 48.6 Å². The molecule has 0 heterocycles. The fourth-order valence-electron chi connectivity index (χ4n) is 1.98. The highest BCUT2D eigenvalue weighted by Crippen LogP contribution is 2.35. The molecule has 1 atom stereocenters. The molecule has 146 valence electrons. The van der Waals surface area contributed by atoms with E-state index in [2.05, 4.69) is 17.1 Å². The number of hydrazone groups is 1. The van der Waals surface area contributed by atoms with Crippen molar-refractivity contribution in [2.24, 2.45) is 5.10 Å². The zero-order valence-corrected chi connectivity index (χ0v) is 16.4. The minimum Gasteiger partial charge on any atom is -0.378 e. The van der Waals surface area contributed by atoms with Crippen LogP contribution in [0.4, 0.5) is 23.2 Å². The van der Waals surface area contributed by atoms with Gasteiger partial charge >= 0.3 is 6.18 Å². The van der Waals surface area contributed by atoms with Gasteiger partial charge < -0.3 is 10.4 Å². The quantitative estimate of drug-likeness (QED) is 0.272. The van der Waals surface area contributed by atoms with Gasteiger partial charge in [-0.2, -0.15) is 23.5 Å². The molecular formula is C16H15F4IN4O2. The van der Waals surface area contributed by atoms with Gasteiger partial charge in [0.15, 0.2) is 5.60 Å². The maximum atomic E-state index is 13.1. The molecule has 27 heavy (non-hydrogen) atoms. The van der Waals surface area contributed by atoms with E-state index in [0.29, 0.717) is 6.07 Å². The summed E-state index contributed by atoms with van der Waals surface area (Å²) in [6, 6.07) is 3.04. The number of alkyl halides is 3. The Morgan fingerprint density at radius 3 is 2.56 bits per heavy atom. The molecule has 1 aromatic rings. The molecule has 0 fully saturated rings. The Morgan fingerprint density at radius 2 is 2.11 bits per heavy atom. The standard InChI is InChI=1S/C16H15F4IN4O2/c1-9(17)7-25(23-3)8-15(2,27)14(26)24-13-5-11(16(18,19)20)10(6-22)4-12(13)21/h4-5,7,27H,3,8H2,1-2H3,(H,24,26)/b9-7+/t15-/m0/s1. The third-order valence-electron chi connectivity index (χ3n) is 3.25. The Hall–Kier alpha value is -2.20. The van der Waals surface area contributed by atoms with Crippen LogP contribution in [0, 0.1) is 14.9 Å². The van der Waals surface area contributed by atoms with Gasteiger partial charge in [-0.3, -0.25) is 9.80 Å². The van der Waals surface area contributed by atoms with E-state index in [4.69, 9.17) is 5.26 Å². The maximum absolute atomic E-state index is 13.1. The number of hydrogen-bond acceptors (Lipinski definition) is 5. The van der Waals surface area contributed by atoms with Crippen molar-refractivity contribution in [1.29, 1.82) is 5.26 Å². The Balaban J connectivity index is 3.17. The lowest BCUT2D eigenvalue weighted by Crippen LogP contribution is -2.47. The Bertz CT molecular complexity index is 812. The van der Waals surface area contributed by atoms with Crippen LogP contribution in [0.25, 0.3) is 0 Å². The van der Waals surface area contributed by atoms with Crippen molar-refractivity contribution in [3.63, 3.8) is 0 Å². The topological polar surface area (TPSA) is 88.7 Å². The van der Waals surface area contributed by atoms with E-state index < -0.39 is 41.2 Å².